The maximum absolute atomic E-state index is 6.16. The van der Waals surface area contributed by atoms with Crippen molar-refractivity contribution in [1.29, 1.82) is 0 Å². The second-order valence-electron chi connectivity index (χ2n) is 5.75. The summed E-state index contributed by atoms with van der Waals surface area (Å²) in [6.45, 7) is 0.359. The van der Waals surface area contributed by atoms with Crippen LogP contribution in [0.25, 0.3) is 0 Å². The fourth-order valence-electron chi connectivity index (χ4n) is 2.51. The number of thioether (sulfide) groups is 2. The van der Waals surface area contributed by atoms with Crippen molar-refractivity contribution in [1.82, 2.24) is 10.2 Å². The molecule has 1 aliphatic heterocycles. The molecular formula is C19H17ClN2O3S2. The van der Waals surface area contributed by atoms with E-state index in [1.165, 1.54) is 0 Å². The van der Waals surface area contributed by atoms with E-state index in [9.17, 15) is 0 Å². The van der Waals surface area contributed by atoms with E-state index in [0.29, 0.717) is 23.5 Å². The van der Waals surface area contributed by atoms with Gasteiger partial charge in [0.25, 0.3) is 11.1 Å². The fourth-order valence-corrected chi connectivity index (χ4v) is 4.59. The van der Waals surface area contributed by atoms with E-state index >= 15 is 0 Å². The lowest BCUT2D eigenvalue weighted by Gasteiger charge is -2.23. The Hall–Kier alpha value is -1.83. The van der Waals surface area contributed by atoms with Crippen LogP contribution in [-0.4, -0.2) is 28.3 Å². The average molecular weight is 421 g/mol. The number of hydrogen-bond acceptors (Lipinski definition) is 7. The maximum atomic E-state index is 6.16. The van der Waals surface area contributed by atoms with Gasteiger partial charge in [0, 0.05) is 10.6 Å². The Morgan fingerprint density at radius 2 is 1.74 bits per heavy atom. The molecule has 1 atom stereocenters. The van der Waals surface area contributed by atoms with E-state index in [-0.39, 0.29) is 6.10 Å². The van der Waals surface area contributed by atoms with E-state index in [1.54, 1.807) is 23.5 Å². The average Bonchev–Trinajstić information content (AvgIpc) is 3.18. The minimum absolute atomic E-state index is 0.359. The molecule has 4 rings (SSSR count). The van der Waals surface area contributed by atoms with Crippen molar-refractivity contribution in [2.24, 2.45) is 0 Å². The quantitative estimate of drug-likeness (QED) is 0.369. The Morgan fingerprint density at radius 3 is 2.63 bits per heavy atom. The molecule has 1 aromatic heterocycles. The van der Waals surface area contributed by atoms with Crippen molar-refractivity contribution in [2.75, 3.05) is 18.1 Å². The summed E-state index contributed by atoms with van der Waals surface area (Å²) in [6, 6.07) is 15.4. The smallest absolute Gasteiger partial charge is 0.276 e. The largest absolute Gasteiger partial charge is 0.485 e. The first-order chi connectivity index (χ1) is 13.3. The first kappa shape index (κ1) is 18.5. The molecule has 0 amide bonds. The molecular weight excluding hydrogens is 404 g/mol. The molecule has 2 aromatic carbocycles. The van der Waals surface area contributed by atoms with Crippen LogP contribution in [0.2, 0.25) is 5.02 Å². The number of aromatic nitrogens is 2. The highest BCUT2D eigenvalue weighted by Crippen LogP contribution is 2.36. The van der Waals surface area contributed by atoms with Gasteiger partial charge in [-0.15, -0.1) is 22.0 Å². The number of ether oxygens (including phenoxy) is 2. The van der Waals surface area contributed by atoms with Crippen molar-refractivity contribution in [3.63, 3.8) is 0 Å². The zero-order valence-corrected chi connectivity index (χ0v) is 16.7. The zero-order valence-electron chi connectivity index (χ0n) is 14.3. The van der Waals surface area contributed by atoms with Gasteiger partial charge in [0.05, 0.1) is 5.02 Å². The maximum Gasteiger partial charge on any atom is 0.276 e. The standard InChI is InChI=1S/C19H17ClN2O3S2/c20-13-6-1-4-9-17(13)26-10-5-11-27-19-22-21-18(25-19)16-12-23-14-7-2-3-8-15(14)24-16/h1-4,6-9,16H,5,10-12H2. The molecule has 27 heavy (non-hydrogen) atoms. The first-order valence-electron chi connectivity index (χ1n) is 8.51. The van der Waals surface area contributed by atoms with Gasteiger partial charge < -0.3 is 13.9 Å². The SMILES string of the molecule is Clc1ccccc1SCCCSc1nnc(C2COc3ccccc3O2)o1. The molecule has 3 aromatic rings. The summed E-state index contributed by atoms with van der Waals surface area (Å²) in [4.78, 5) is 1.11. The Morgan fingerprint density at radius 1 is 0.963 bits per heavy atom. The number of para-hydroxylation sites is 2. The van der Waals surface area contributed by atoms with E-state index in [4.69, 9.17) is 25.5 Å². The third kappa shape index (κ3) is 4.72. The monoisotopic (exact) mass is 420 g/mol. The highest BCUT2D eigenvalue weighted by Gasteiger charge is 2.27. The fraction of sp³-hybridized carbons (Fsp3) is 0.263. The molecule has 0 N–H and O–H groups in total. The number of fused-ring (bicyclic) bond motifs is 1. The van der Waals surface area contributed by atoms with E-state index in [0.717, 1.165) is 33.6 Å². The first-order valence-corrected chi connectivity index (χ1v) is 10.9. The molecule has 8 heteroatoms. The summed E-state index contributed by atoms with van der Waals surface area (Å²) < 4.78 is 17.3. The van der Waals surface area contributed by atoms with Crippen molar-refractivity contribution in [3.05, 3.63) is 59.4 Å². The van der Waals surface area contributed by atoms with Crippen LogP contribution in [0.15, 0.2) is 63.1 Å². The van der Waals surface area contributed by atoms with Crippen LogP contribution in [0.4, 0.5) is 0 Å². The molecule has 0 bridgehead atoms. The molecule has 0 fully saturated rings. The Labute approximate surface area is 170 Å². The molecule has 0 radical (unpaired) electrons. The number of benzene rings is 2. The molecule has 0 spiro atoms. The Kier molecular flexibility index (Phi) is 6.11. The second kappa shape index (κ2) is 8.91. The van der Waals surface area contributed by atoms with E-state index < -0.39 is 0 Å². The van der Waals surface area contributed by atoms with Crippen LogP contribution in [0.3, 0.4) is 0 Å². The summed E-state index contributed by atoms with van der Waals surface area (Å²) in [6.07, 6.45) is 0.631. The molecule has 1 aliphatic rings. The van der Waals surface area contributed by atoms with Crippen molar-refractivity contribution in [3.8, 4) is 11.5 Å². The molecule has 2 heterocycles. The minimum atomic E-state index is -0.377. The number of hydrogen-bond donors (Lipinski definition) is 0. The van der Waals surface area contributed by atoms with E-state index in [1.807, 2.05) is 48.5 Å². The summed E-state index contributed by atoms with van der Waals surface area (Å²) >= 11 is 9.46. The topological polar surface area (TPSA) is 57.4 Å². The molecule has 0 aliphatic carbocycles. The number of rotatable bonds is 7. The number of halogens is 1. The van der Waals surface area contributed by atoms with Crippen LogP contribution < -0.4 is 9.47 Å². The lowest BCUT2D eigenvalue weighted by molar-refractivity contribution is 0.0686. The Bertz CT molecular complexity index is 906. The highest BCUT2D eigenvalue weighted by atomic mass is 35.5. The van der Waals surface area contributed by atoms with Crippen LogP contribution in [0.1, 0.15) is 18.4 Å². The van der Waals surface area contributed by atoms with Crippen molar-refractivity contribution >= 4 is 35.1 Å². The minimum Gasteiger partial charge on any atom is -0.485 e. The van der Waals surface area contributed by atoms with Crippen LogP contribution in [0.5, 0.6) is 11.5 Å². The van der Waals surface area contributed by atoms with Crippen molar-refractivity contribution in [2.45, 2.75) is 22.6 Å². The van der Waals surface area contributed by atoms with Gasteiger partial charge in [-0.3, -0.25) is 0 Å². The van der Waals surface area contributed by atoms with Crippen LogP contribution in [-0.2, 0) is 0 Å². The van der Waals surface area contributed by atoms with Crippen LogP contribution >= 0.6 is 35.1 Å². The van der Waals surface area contributed by atoms with Gasteiger partial charge in [-0.1, -0.05) is 47.6 Å². The Balaban J connectivity index is 1.24. The summed E-state index contributed by atoms with van der Waals surface area (Å²) in [5, 5.41) is 9.56. The van der Waals surface area contributed by atoms with Gasteiger partial charge in [-0.25, -0.2) is 0 Å². The van der Waals surface area contributed by atoms with Gasteiger partial charge >= 0.3 is 0 Å². The van der Waals surface area contributed by atoms with Gasteiger partial charge in [-0.2, -0.15) is 0 Å². The van der Waals surface area contributed by atoms with Gasteiger partial charge in [0.1, 0.15) is 6.61 Å². The summed E-state index contributed by atoms with van der Waals surface area (Å²) in [5.41, 5.74) is 0. The lowest BCUT2D eigenvalue weighted by atomic mass is 10.2. The predicted octanol–water partition coefficient (Wildman–Crippen LogP) is 5.51. The second-order valence-corrected chi connectivity index (χ2v) is 8.34. The van der Waals surface area contributed by atoms with Gasteiger partial charge in [0.15, 0.2) is 11.5 Å². The van der Waals surface area contributed by atoms with Gasteiger partial charge in [0.2, 0.25) is 6.10 Å². The summed E-state index contributed by atoms with van der Waals surface area (Å²) in [7, 11) is 0. The van der Waals surface area contributed by atoms with Crippen LogP contribution in [0, 0.1) is 0 Å². The zero-order chi connectivity index (χ0) is 18.5. The predicted molar refractivity (Wildman–Crippen MR) is 107 cm³/mol. The molecule has 5 nitrogen and oxygen atoms in total. The van der Waals surface area contributed by atoms with Gasteiger partial charge in [-0.05, 0) is 36.4 Å². The molecule has 140 valence electrons. The van der Waals surface area contributed by atoms with E-state index in [2.05, 4.69) is 10.2 Å². The molecule has 0 saturated heterocycles. The number of nitrogens with zero attached hydrogens (tertiary/aromatic N) is 2. The summed E-state index contributed by atoms with van der Waals surface area (Å²) in [5.74, 6) is 3.74. The third-order valence-corrected chi connectivity index (χ3v) is 6.32. The third-order valence-electron chi connectivity index (χ3n) is 3.81. The molecule has 0 saturated carbocycles. The highest BCUT2D eigenvalue weighted by molar-refractivity contribution is 8.00. The lowest BCUT2D eigenvalue weighted by Crippen LogP contribution is -2.21. The normalized spacial score (nSPS) is 15.7. The van der Waals surface area contributed by atoms with Crippen molar-refractivity contribution < 1.29 is 13.9 Å². The molecule has 1 unspecified atom stereocenters.